The van der Waals surface area contributed by atoms with Crippen LogP contribution in [-0.4, -0.2) is 11.6 Å². The molecule has 0 aliphatic heterocycles. The van der Waals surface area contributed by atoms with Gasteiger partial charge in [0.2, 0.25) is 5.78 Å². The second-order valence-corrected chi connectivity index (χ2v) is 4.21. The monoisotopic (exact) mass is 248 g/mol. The number of hydrogen-bond acceptors (Lipinski definition) is 2. The highest BCUT2D eigenvalue weighted by Crippen LogP contribution is 2.27. The molecule has 0 bridgehead atoms. The quantitative estimate of drug-likeness (QED) is 0.660. The Morgan fingerprint density at radius 2 is 1.11 bits per heavy atom. The topological polar surface area (TPSA) is 34.1 Å². The summed E-state index contributed by atoms with van der Waals surface area (Å²) in [7, 11) is 0. The number of halogens is 2. The van der Waals surface area contributed by atoms with Crippen LogP contribution in [0.1, 0.15) is 13.8 Å². The van der Waals surface area contributed by atoms with Crippen molar-refractivity contribution in [3.8, 4) is 0 Å². The molecule has 2 rings (SSSR count). The molecule has 2 aliphatic carbocycles. The molecular formula is C14H10F2O2. The molecule has 0 aromatic carbocycles. The van der Waals surface area contributed by atoms with Crippen molar-refractivity contribution in [2.45, 2.75) is 13.8 Å². The van der Waals surface area contributed by atoms with E-state index in [0.717, 1.165) is 12.2 Å². The number of Topliss-reactive ketones (excluding diaryl/α,β-unsaturated/α-hetero) is 2. The fourth-order valence-corrected chi connectivity index (χ4v) is 1.84. The lowest BCUT2D eigenvalue weighted by molar-refractivity contribution is -0.115. The van der Waals surface area contributed by atoms with E-state index in [1.54, 1.807) is 26.0 Å². The van der Waals surface area contributed by atoms with Crippen molar-refractivity contribution in [1.82, 2.24) is 0 Å². The van der Waals surface area contributed by atoms with Gasteiger partial charge < -0.3 is 0 Å². The van der Waals surface area contributed by atoms with E-state index < -0.39 is 17.4 Å². The Labute approximate surface area is 103 Å². The van der Waals surface area contributed by atoms with Crippen molar-refractivity contribution in [2.24, 2.45) is 0 Å². The highest BCUT2D eigenvalue weighted by Gasteiger charge is 2.22. The predicted molar refractivity (Wildman–Crippen MR) is 62.9 cm³/mol. The zero-order chi connectivity index (χ0) is 13.4. The molecule has 0 aromatic heterocycles. The molecule has 4 heteroatoms. The first-order chi connectivity index (χ1) is 8.40. The van der Waals surface area contributed by atoms with E-state index in [0.29, 0.717) is 16.7 Å². The van der Waals surface area contributed by atoms with Crippen molar-refractivity contribution in [2.75, 3.05) is 0 Å². The van der Waals surface area contributed by atoms with Gasteiger partial charge in [-0.1, -0.05) is 0 Å². The third kappa shape index (κ3) is 2.01. The summed E-state index contributed by atoms with van der Waals surface area (Å²) in [5.41, 5.74) is 1.76. The fourth-order valence-electron chi connectivity index (χ4n) is 1.84. The molecule has 0 saturated heterocycles. The molecule has 0 amide bonds. The van der Waals surface area contributed by atoms with Crippen molar-refractivity contribution < 1.29 is 18.4 Å². The van der Waals surface area contributed by atoms with Crippen LogP contribution < -0.4 is 0 Å². The Balaban J connectivity index is 2.58. The van der Waals surface area contributed by atoms with E-state index in [2.05, 4.69) is 0 Å². The zero-order valence-electron chi connectivity index (χ0n) is 9.88. The van der Waals surface area contributed by atoms with Crippen LogP contribution in [0.4, 0.5) is 8.78 Å². The lowest BCUT2D eigenvalue weighted by Crippen LogP contribution is -2.09. The lowest BCUT2D eigenvalue weighted by atomic mass is 9.91. The summed E-state index contributed by atoms with van der Waals surface area (Å²) >= 11 is 0. The fraction of sp³-hybridized carbons (Fsp3) is 0.143. The zero-order valence-corrected chi connectivity index (χ0v) is 9.88. The van der Waals surface area contributed by atoms with Crippen LogP contribution in [0.2, 0.25) is 0 Å². The average Bonchev–Trinajstić information content (AvgIpc) is 2.31. The number of hydrogen-bond donors (Lipinski definition) is 0. The number of carbonyl (C=O) groups is 2. The van der Waals surface area contributed by atoms with Crippen LogP contribution in [0, 0.1) is 0 Å². The molecule has 18 heavy (non-hydrogen) atoms. The van der Waals surface area contributed by atoms with Gasteiger partial charge in [0, 0.05) is 0 Å². The molecule has 2 aliphatic rings. The molecule has 92 valence electrons. The van der Waals surface area contributed by atoms with Gasteiger partial charge in [0.05, 0.1) is 0 Å². The summed E-state index contributed by atoms with van der Waals surface area (Å²) < 4.78 is 26.4. The van der Waals surface area contributed by atoms with Crippen LogP contribution >= 0.6 is 0 Å². The average molecular weight is 248 g/mol. The van der Waals surface area contributed by atoms with Crippen LogP contribution in [0.3, 0.4) is 0 Å². The predicted octanol–water partition coefficient (Wildman–Crippen LogP) is 3.05. The first kappa shape index (κ1) is 12.4. The molecule has 0 N–H and O–H groups in total. The largest absolute Gasteiger partial charge is 0.289 e. The first-order valence-corrected chi connectivity index (χ1v) is 5.35. The summed E-state index contributed by atoms with van der Waals surface area (Å²) in [4.78, 5) is 22.5. The van der Waals surface area contributed by atoms with Crippen LogP contribution in [0.15, 0.2) is 58.3 Å². The van der Waals surface area contributed by atoms with Crippen LogP contribution in [0.25, 0.3) is 0 Å². The summed E-state index contributed by atoms with van der Waals surface area (Å²) in [6.07, 6.45) is 5.05. The van der Waals surface area contributed by atoms with Crippen molar-refractivity contribution >= 4 is 11.6 Å². The lowest BCUT2D eigenvalue weighted by Gasteiger charge is -2.13. The van der Waals surface area contributed by atoms with E-state index in [1.807, 2.05) is 0 Å². The maximum absolute atomic E-state index is 13.2. The minimum absolute atomic E-state index is 0.0971. The number of ketones is 2. The highest BCUT2D eigenvalue weighted by molar-refractivity contribution is 6.10. The van der Waals surface area contributed by atoms with Gasteiger partial charge in [-0.05, 0) is 60.4 Å². The van der Waals surface area contributed by atoms with Crippen molar-refractivity contribution in [3.05, 3.63) is 58.3 Å². The Bertz CT molecular complexity index is 512. The Kier molecular flexibility index (Phi) is 2.95. The van der Waals surface area contributed by atoms with Gasteiger partial charge in [-0.25, -0.2) is 8.78 Å². The van der Waals surface area contributed by atoms with Crippen LogP contribution in [-0.2, 0) is 9.59 Å². The number of carbonyl (C=O) groups excluding carboxylic acids is 2. The second kappa shape index (κ2) is 4.29. The van der Waals surface area contributed by atoms with E-state index in [-0.39, 0.29) is 11.4 Å². The Hall–Kier alpha value is -2.10. The number of rotatable bonds is 0. The molecule has 0 unspecified atom stereocenters. The van der Waals surface area contributed by atoms with Crippen molar-refractivity contribution in [1.29, 1.82) is 0 Å². The summed E-state index contributed by atoms with van der Waals surface area (Å²) in [5.74, 6) is -3.61. The molecule has 0 radical (unpaired) electrons. The van der Waals surface area contributed by atoms with Gasteiger partial charge >= 0.3 is 0 Å². The van der Waals surface area contributed by atoms with Crippen molar-refractivity contribution in [3.63, 3.8) is 0 Å². The third-order valence-corrected chi connectivity index (χ3v) is 2.79. The van der Waals surface area contributed by atoms with Gasteiger partial charge in [-0.2, -0.15) is 0 Å². The van der Waals surface area contributed by atoms with E-state index in [9.17, 15) is 18.4 Å². The van der Waals surface area contributed by atoms with E-state index in [1.165, 1.54) is 0 Å². The standard InChI is InChI=1S/C14H10F2O2/c1-7-3-9(4-8(2)13(7)17)10-5-11(15)14(18)12(16)6-10/h3-6H,1-2H3. The molecule has 2 nitrogen and oxygen atoms in total. The minimum Gasteiger partial charge on any atom is -0.289 e. The normalized spacial score (nSPS) is 20.4. The highest BCUT2D eigenvalue weighted by atomic mass is 19.1. The Morgan fingerprint density at radius 3 is 1.56 bits per heavy atom. The van der Waals surface area contributed by atoms with E-state index >= 15 is 0 Å². The Morgan fingerprint density at radius 1 is 0.722 bits per heavy atom. The van der Waals surface area contributed by atoms with Gasteiger partial charge in [0.15, 0.2) is 17.4 Å². The molecule has 0 aromatic rings. The second-order valence-electron chi connectivity index (χ2n) is 4.21. The molecule has 0 fully saturated rings. The van der Waals surface area contributed by atoms with Crippen LogP contribution in [0.5, 0.6) is 0 Å². The minimum atomic E-state index is -1.24. The summed E-state index contributed by atoms with van der Waals surface area (Å²) in [6, 6.07) is 0. The summed E-state index contributed by atoms with van der Waals surface area (Å²) in [5, 5.41) is 0. The van der Waals surface area contributed by atoms with Gasteiger partial charge in [-0.3, -0.25) is 9.59 Å². The molecule has 0 saturated carbocycles. The smallest absolute Gasteiger partial charge is 0.249 e. The molecule has 0 spiro atoms. The number of allylic oxidation sites excluding steroid dienone is 10. The first-order valence-electron chi connectivity index (χ1n) is 5.35. The maximum atomic E-state index is 13.2. The van der Waals surface area contributed by atoms with Gasteiger partial charge in [-0.15, -0.1) is 0 Å². The van der Waals surface area contributed by atoms with E-state index in [4.69, 9.17) is 0 Å². The third-order valence-electron chi connectivity index (χ3n) is 2.79. The molecular weight excluding hydrogens is 238 g/mol. The molecule has 0 heterocycles. The summed E-state index contributed by atoms with van der Waals surface area (Å²) in [6.45, 7) is 3.26. The SMILES string of the molecule is CC1=CC(=C2C=C(F)C(=O)C(F)=C2)C=C(C)C1=O. The maximum Gasteiger partial charge on any atom is 0.249 e. The van der Waals surface area contributed by atoms with Gasteiger partial charge in [0.25, 0.3) is 0 Å². The van der Waals surface area contributed by atoms with Gasteiger partial charge in [0.1, 0.15) is 0 Å². The molecule has 0 atom stereocenters.